The number of carboxylic acids is 1. The summed E-state index contributed by atoms with van der Waals surface area (Å²) in [6.45, 7) is 6.59. The van der Waals surface area contributed by atoms with Crippen molar-refractivity contribution in [2.45, 2.75) is 26.2 Å². The highest BCUT2D eigenvalue weighted by Crippen LogP contribution is 2.31. The number of fused-ring (bicyclic) bond motifs is 1. The third-order valence-electron chi connectivity index (χ3n) is 5.19. The van der Waals surface area contributed by atoms with Crippen LogP contribution in [0.1, 0.15) is 36.8 Å². The van der Waals surface area contributed by atoms with Gasteiger partial charge in [-0.05, 0) is 64.6 Å². The number of aromatic nitrogens is 1. The first kappa shape index (κ1) is 19.3. The molecule has 4 rings (SSSR count). The van der Waals surface area contributed by atoms with Crippen molar-refractivity contribution in [2.75, 3.05) is 0 Å². The van der Waals surface area contributed by atoms with Crippen molar-refractivity contribution >= 4 is 28.5 Å². The quantitative estimate of drug-likeness (QED) is 0.402. The smallest absolute Gasteiger partial charge is 0.352 e. The van der Waals surface area contributed by atoms with Crippen molar-refractivity contribution < 1.29 is 9.90 Å². The number of hydrogen-bond donors (Lipinski definition) is 1. The Morgan fingerprint density at radius 1 is 0.862 bits per heavy atom. The third kappa shape index (κ3) is 3.66. The van der Waals surface area contributed by atoms with Gasteiger partial charge >= 0.3 is 5.97 Å². The zero-order valence-electron chi connectivity index (χ0n) is 16.6. The molecule has 0 radical (unpaired) electrons. The molecule has 1 N–H and O–H groups in total. The number of carboxylic acid groups (broad SMARTS) is 1. The minimum absolute atomic E-state index is 0.106. The van der Waals surface area contributed by atoms with Crippen LogP contribution in [-0.2, 0) is 5.41 Å². The molecule has 1 aromatic heterocycles. The number of aromatic carboxylic acids is 1. The molecule has 3 nitrogen and oxygen atoms in total. The van der Waals surface area contributed by atoms with Crippen LogP contribution in [0.15, 0.2) is 72.8 Å². The Kier molecular flexibility index (Phi) is 4.71. The first-order valence-electron chi connectivity index (χ1n) is 9.50. The lowest BCUT2D eigenvalue weighted by Crippen LogP contribution is -2.10. The molecule has 0 unspecified atom stereocenters. The minimum atomic E-state index is -0.966. The maximum absolute atomic E-state index is 11.9. The van der Waals surface area contributed by atoms with Crippen LogP contribution in [0.5, 0.6) is 0 Å². The molecule has 0 spiro atoms. The van der Waals surface area contributed by atoms with Crippen LogP contribution in [0, 0.1) is 0 Å². The molecule has 0 aliphatic rings. The van der Waals surface area contributed by atoms with Crippen LogP contribution in [0.3, 0.4) is 0 Å². The van der Waals surface area contributed by atoms with Crippen LogP contribution >= 0.6 is 11.6 Å². The van der Waals surface area contributed by atoms with Crippen LogP contribution in [0.25, 0.3) is 27.7 Å². The van der Waals surface area contributed by atoms with Gasteiger partial charge in [0.15, 0.2) is 0 Å². The molecule has 146 valence electrons. The van der Waals surface area contributed by atoms with Gasteiger partial charge in [-0.15, -0.1) is 0 Å². The van der Waals surface area contributed by atoms with Crippen LogP contribution in [-0.4, -0.2) is 15.6 Å². The van der Waals surface area contributed by atoms with Gasteiger partial charge < -0.3 is 9.67 Å². The first-order chi connectivity index (χ1) is 13.7. The van der Waals surface area contributed by atoms with Crippen LogP contribution in [0.2, 0.25) is 5.02 Å². The first-order valence-corrected chi connectivity index (χ1v) is 9.87. The summed E-state index contributed by atoms with van der Waals surface area (Å²) in [7, 11) is 0. The Labute approximate surface area is 175 Å². The van der Waals surface area contributed by atoms with Gasteiger partial charge in [0, 0.05) is 16.1 Å². The highest BCUT2D eigenvalue weighted by atomic mass is 35.5. The summed E-state index contributed by atoms with van der Waals surface area (Å²) in [6, 6.07) is 23.5. The molecule has 1 heterocycles. The van der Waals surface area contributed by atoms with Gasteiger partial charge in [-0.3, -0.25) is 0 Å². The highest BCUT2D eigenvalue weighted by molar-refractivity contribution is 6.30. The molecule has 0 atom stereocenters. The standard InChI is InChI=1S/C25H22ClNO2/c1-25(2,3)19-7-4-16(5-8-19)17-6-13-22-18(14-17)15-23(24(28)29)27(22)21-11-9-20(26)10-12-21/h4-15H,1-3H3,(H,28,29). The second-order valence-corrected chi connectivity index (χ2v) is 8.68. The molecule has 0 saturated carbocycles. The Balaban J connectivity index is 1.83. The van der Waals surface area contributed by atoms with Crippen molar-refractivity contribution in [2.24, 2.45) is 0 Å². The fourth-order valence-corrected chi connectivity index (χ4v) is 3.71. The van der Waals surface area contributed by atoms with E-state index in [0.29, 0.717) is 5.02 Å². The molecular formula is C25H22ClNO2. The Morgan fingerprint density at radius 2 is 1.48 bits per heavy atom. The van der Waals surface area contributed by atoms with E-state index < -0.39 is 5.97 Å². The predicted molar refractivity (Wildman–Crippen MR) is 119 cm³/mol. The molecule has 0 aliphatic carbocycles. The average Bonchev–Trinajstić information content (AvgIpc) is 3.07. The highest BCUT2D eigenvalue weighted by Gasteiger charge is 2.17. The van der Waals surface area contributed by atoms with Crippen molar-refractivity contribution in [3.63, 3.8) is 0 Å². The van der Waals surface area contributed by atoms with E-state index in [2.05, 4.69) is 45.0 Å². The summed E-state index contributed by atoms with van der Waals surface area (Å²) in [5, 5.41) is 11.2. The molecular weight excluding hydrogens is 382 g/mol. The van der Waals surface area contributed by atoms with E-state index in [0.717, 1.165) is 27.7 Å². The Hall–Kier alpha value is -3.04. The topological polar surface area (TPSA) is 42.2 Å². The number of rotatable bonds is 3. The van der Waals surface area contributed by atoms with Gasteiger partial charge in [-0.1, -0.05) is 62.7 Å². The molecule has 0 fully saturated rings. The molecule has 4 aromatic rings. The molecule has 0 saturated heterocycles. The normalized spacial score (nSPS) is 11.7. The van der Waals surface area contributed by atoms with Gasteiger partial charge in [-0.2, -0.15) is 0 Å². The maximum atomic E-state index is 11.9. The van der Waals surface area contributed by atoms with Crippen molar-refractivity contribution in [1.82, 2.24) is 4.57 Å². The maximum Gasteiger partial charge on any atom is 0.352 e. The largest absolute Gasteiger partial charge is 0.477 e. The molecule has 29 heavy (non-hydrogen) atoms. The van der Waals surface area contributed by atoms with Gasteiger partial charge in [0.1, 0.15) is 5.69 Å². The van der Waals surface area contributed by atoms with E-state index in [9.17, 15) is 9.90 Å². The summed E-state index contributed by atoms with van der Waals surface area (Å²) >= 11 is 6.00. The number of carbonyl (C=O) groups is 1. The van der Waals surface area contributed by atoms with Crippen molar-refractivity contribution in [1.29, 1.82) is 0 Å². The monoisotopic (exact) mass is 403 g/mol. The summed E-state index contributed by atoms with van der Waals surface area (Å²) in [5.74, 6) is -0.966. The van der Waals surface area contributed by atoms with Gasteiger partial charge in [0.2, 0.25) is 0 Å². The van der Waals surface area contributed by atoms with E-state index >= 15 is 0 Å². The molecule has 3 aromatic carbocycles. The van der Waals surface area contributed by atoms with Gasteiger partial charge in [0.05, 0.1) is 5.52 Å². The Morgan fingerprint density at radius 3 is 2.07 bits per heavy atom. The lowest BCUT2D eigenvalue weighted by Gasteiger charge is -2.19. The molecule has 4 heteroatoms. The Bertz CT molecular complexity index is 1200. The minimum Gasteiger partial charge on any atom is -0.477 e. The van der Waals surface area contributed by atoms with Crippen molar-refractivity contribution in [3.05, 3.63) is 89.1 Å². The lowest BCUT2D eigenvalue weighted by molar-refractivity contribution is 0.0688. The number of benzene rings is 3. The van der Waals surface area contributed by atoms with Gasteiger partial charge in [-0.25, -0.2) is 4.79 Å². The third-order valence-corrected chi connectivity index (χ3v) is 5.44. The summed E-state index contributed by atoms with van der Waals surface area (Å²) in [5.41, 5.74) is 5.39. The fraction of sp³-hybridized carbons (Fsp3) is 0.160. The SMILES string of the molecule is CC(C)(C)c1ccc(-c2ccc3c(c2)cc(C(=O)O)n3-c2ccc(Cl)cc2)cc1. The van der Waals surface area contributed by atoms with E-state index in [-0.39, 0.29) is 11.1 Å². The molecule has 0 amide bonds. The van der Waals surface area contributed by atoms with Crippen molar-refractivity contribution in [3.8, 4) is 16.8 Å². The van der Waals surface area contributed by atoms with E-state index in [1.807, 2.05) is 30.3 Å². The van der Waals surface area contributed by atoms with Crippen LogP contribution in [0.4, 0.5) is 0 Å². The summed E-state index contributed by atoms with van der Waals surface area (Å²) < 4.78 is 1.75. The molecule has 0 aliphatic heterocycles. The summed E-state index contributed by atoms with van der Waals surface area (Å²) in [4.78, 5) is 11.9. The lowest BCUT2D eigenvalue weighted by atomic mass is 9.86. The van der Waals surface area contributed by atoms with Gasteiger partial charge in [0.25, 0.3) is 0 Å². The van der Waals surface area contributed by atoms with Crippen LogP contribution < -0.4 is 0 Å². The summed E-state index contributed by atoms with van der Waals surface area (Å²) in [6.07, 6.45) is 0. The van der Waals surface area contributed by atoms with E-state index in [1.165, 1.54) is 5.56 Å². The van der Waals surface area contributed by atoms with E-state index in [4.69, 9.17) is 11.6 Å². The second-order valence-electron chi connectivity index (χ2n) is 8.25. The second kappa shape index (κ2) is 7.09. The van der Waals surface area contributed by atoms with E-state index in [1.54, 1.807) is 22.8 Å². The predicted octanol–water partition coefficient (Wildman–Crippen LogP) is 6.95. The fourth-order valence-electron chi connectivity index (χ4n) is 3.58. The number of nitrogens with zero attached hydrogens (tertiary/aromatic N) is 1. The zero-order valence-corrected chi connectivity index (χ0v) is 17.4. The number of halogens is 1. The average molecular weight is 404 g/mol. The number of hydrogen-bond acceptors (Lipinski definition) is 1. The molecule has 0 bridgehead atoms. The zero-order chi connectivity index (χ0) is 20.8.